The lowest BCUT2D eigenvalue weighted by Crippen LogP contribution is -2.12. The number of sulfone groups is 1. The number of nitriles is 1. The molecule has 1 N–H and O–H groups in total. The van der Waals surface area contributed by atoms with E-state index >= 15 is 0 Å². The Labute approximate surface area is 121 Å². The lowest BCUT2D eigenvalue weighted by molar-refractivity contribution is 0.0697. The van der Waals surface area contributed by atoms with Crippen molar-refractivity contribution in [3.8, 4) is 6.07 Å². The predicted molar refractivity (Wildman–Crippen MR) is 74.6 cm³/mol. The molecule has 0 atom stereocenters. The largest absolute Gasteiger partial charge is 0.478 e. The lowest BCUT2D eigenvalue weighted by atomic mass is 10.2. The molecule has 108 valence electrons. The Bertz CT molecular complexity index is 798. The lowest BCUT2D eigenvalue weighted by Gasteiger charge is -2.05. The zero-order valence-electron chi connectivity index (χ0n) is 10.9. The van der Waals surface area contributed by atoms with Crippen LogP contribution in [0.25, 0.3) is 0 Å². The van der Waals surface area contributed by atoms with Crippen LogP contribution in [0.15, 0.2) is 47.6 Å². The van der Waals surface area contributed by atoms with Gasteiger partial charge in [-0.25, -0.2) is 13.2 Å². The van der Waals surface area contributed by atoms with Crippen molar-refractivity contribution in [3.63, 3.8) is 0 Å². The topological polar surface area (TPSA) is 100 Å². The molecule has 1 aromatic heterocycles. The van der Waals surface area contributed by atoms with Gasteiger partial charge in [-0.2, -0.15) is 5.26 Å². The summed E-state index contributed by atoms with van der Waals surface area (Å²) in [7, 11) is -3.47. The fourth-order valence-corrected chi connectivity index (χ4v) is 3.02. The molecule has 0 saturated carbocycles. The maximum Gasteiger partial charge on any atom is 0.337 e. The second-order valence-electron chi connectivity index (χ2n) is 4.40. The zero-order valence-corrected chi connectivity index (χ0v) is 11.7. The van der Waals surface area contributed by atoms with Gasteiger partial charge in [-0.3, -0.25) is 0 Å². The number of carboxylic acid groups (broad SMARTS) is 1. The summed E-state index contributed by atoms with van der Waals surface area (Å²) in [5.74, 6) is -1.20. The van der Waals surface area contributed by atoms with Crippen molar-refractivity contribution in [1.29, 1.82) is 5.26 Å². The second kappa shape index (κ2) is 5.81. The first-order valence-corrected chi connectivity index (χ1v) is 7.69. The zero-order chi connectivity index (χ0) is 15.5. The highest BCUT2D eigenvalue weighted by Crippen LogP contribution is 2.13. The van der Waals surface area contributed by atoms with Crippen LogP contribution in [-0.4, -0.2) is 29.8 Å². The van der Waals surface area contributed by atoms with Gasteiger partial charge in [-0.15, -0.1) is 0 Å². The Morgan fingerprint density at radius 1 is 1.24 bits per heavy atom. The number of carbonyl (C=O) groups is 1. The molecule has 2 rings (SSSR count). The van der Waals surface area contributed by atoms with Crippen LogP contribution in [-0.2, 0) is 16.4 Å². The van der Waals surface area contributed by atoms with E-state index in [1.807, 2.05) is 6.07 Å². The van der Waals surface area contributed by atoms with Gasteiger partial charge in [0, 0.05) is 18.9 Å². The molecule has 6 nitrogen and oxygen atoms in total. The monoisotopic (exact) mass is 304 g/mol. The van der Waals surface area contributed by atoms with Crippen LogP contribution < -0.4 is 0 Å². The van der Waals surface area contributed by atoms with Crippen LogP contribution in [0.3, 0.4) is 0 Å². The average molecular weight is 304 g/mol. The quantitative estimate of drug-likeness (QED) is 0.903. The van der Waals surface area contributed by atoms with E-state index in [1.165, 1.54) is 47.3 Å². The molecule has 0 fully saturated rings. The Balaban J connectivity index is 2.09. The minimum absolute atomic E-state index is 0.116. The first kappa shape index (κ1) is 14.8. The first-order valence-electron chi connectivity index (χ1n) is 6.04. The van der Waals surface area contributed by atoms with E-state index < -0.39 is 15.8 Å². The molecule has 21 heavy (non-hydrogen) atoms. The smallest absolute Gasteiger partial charge is 0.337 e. The summed E-state index contributed by atoms with van der Waals surface area (Å²) in [6.07, 6.45) is 2.91. The fraction of sp³-hybridized carbons (Fsp3) is 0.143. The Morgan fingerprint density at radius 2 is 1.90 bits per heavy atom. The molecular formula is C14H12N2O4S. The fourth-order valence-electron chi connectivity index (χ4n) is 1.79. The van der Waals surface area contributed by atoms with Gasteiger partial charge < -0.3 is 9.67 Å². The third-order valence-corrected chi connectivity index (χ3v) is 4.67. The molecular weight excluding hydrogens is 292 g/mol. The molecule has 0 aliphatic rings. The van der Waals surface area contributed by atoms with Crippen molar-refractivity contribution in [1.82, 2.24) is 4.57 Å². The number of carboxylic acids is 1. The predicted octanol–water partition coefficient (Wildman–Crippen LogP) is 1.53. The summed E-state index contributed by atoms with van der Waals surface area (Å²) < 4.78 is 25.8. The summed E-state index contributed by atoms with van der Waals surface area (Å²) >= 11 is 0. The SMILES string of the molecule is N#Cc1ccc(S(=O)(=O)CCn2ccc(C(=O)O)c2)cc1. The molecule has 2 aromatic rings. The number of aromatic nitrogens is 1. The van der Waals surface area contributed by atoms with Gasteiger partial charge in [-0.1, -0.05) is 0 Å². The van der Waals surface area contributed by atoms with Gasteiger partial charge in [0.15, 0.2) is 9.84 Å². The molecule has 0 bridgehead atoms. The van der Waals surface area contributed by atoms with E-state index in [1.54, 1.807) is 0 Å². The molecule has 0 radical (unpaired) electrons. The van der Waals surface area contributed by atoms with Gasteiger partial charge in [0.05, 0.1) is 27.8 Å². The third-order valence-electron chi connectivity index (χ3n) is 2.96. The van der Waals surface area contributed by atoms with Crippen LogP contribution in [0.2, 0.25) is 0 Å². The van der Waals surface area contributed by atoms with E-state index in [0.29, 0.717) is 5.56 Å². The maximum atomic E-state index is 12.1. The summed E-state index contributed by atoms with van der Waals surface area (Å²) in [4.78, 5) is 10.9. The molecule has 0 spiro atoms. The van der Waals surface area contributed by atoms with Crippen molar-refractivity contribution in [3.05, 3.63) is 53.9 Å². The summed E-state index contributed by atoms with van der Waals surface area (Å²) in [6, 6.07) is 9.02. The van der Waals surface area contributed by atoms with Crippen LogP contribution in [0.5, 0.6) is 0 Å². The van der Waals surface area contributed by atoms with Crippen molar-refractivity contribution < 1.29 is 18.3 Å². The standard InChI is InChI=1S/C14H12N2O4S/c15-9-11-1-3-13(4-2-11)21(19,20)8-7-16-6-5-12(10-16)14(17)18/h1-6,10H,7-8H2,(H,17,18). The minimum atomic E-state index is -3.47. The van der Waals surface area contributed by atoms with Gasteiger partial charge in [0.2, 0.25) is 0 Å². The summed E-state index contributed by atoms with van der Waals surface area (Å²) in [5.41, 5.74) is 0.510. The minimum Gasteiger partial charge on any atom is -0.478 e. The Kier molecular flexibility index (Phi) is 4.10. The van der Waals surface area contributed by atoms with Crippen molar-refractivity contribution in [2.75, 3.05) is 5.75 Å². The molecule has 0 amide bonds. The van der Waals surface area contributed by atoms with Crippen molar-refractivity contribution in [2.24, 2.45) is 0 Å². The number of hydrogen-bond acceptors (Lipinski definition) is 4. The first-order chi connectivity index (χ1) is 9.92. The van der Waals surface area contributed by atoms with Gasteiger partial charge in [0.25, 0.3) is 0 Å². The number of nitrogens with zero attached hydrogens (tertiary/aromatic N) is 2. The molecule has 0 saturated heterocycles. The summed E-state index contributed by atoms with van der Waals surface area (Å²) in [6.45, 7) is 0.162. The van der Waals surface area contributed by atoms with Crippen molar-refractivity contribution in [2.45, 2.75) is 11.4 Å². The molecule has 1 heterocycles. The molecule has 0 aliphatic carbocycles. The molecule has 0 aliphatic heterocycles. The Morgan fingerprint density at radius 3 is 2.43 bits per heavy atom. The van der Waals surface area contributed by atoms with E-state index in [-0.39, 0.29) is 22.8 Å². The van der Waals surface area contributed by atoms with E-state index in [4.69, 9.17) is 10.4 Å². The average Bonchev–Trinajstić information content (AvgIpc) is 2.94. The number of aromatic carboxylic acids is 1. The van der Waals surface area contributed by atoms with E-state index in [0.717, 1.165) is 0 Å². The van der Waals surface area contributed by atoms with E-state index in [9.17, 15) is 13.2 Å². The van der Waals surface area contributed by atoms with Gasteiger partial charge in [0.1, 0.15) is 0 Å². The van der Waals surface area contributed by atoms with Crippen LogP contribution in [0.4, 0.5) is 0 Å². The number of rotatable bonds is 5. The van der Waals surface area contributed by atoms with Crippen LogP contribution in [0, 0.1) is 11.3 Å². The third kappa shape index (κ3) is 3.49. The van der Waals surface area contributed by atoms with E-state index in [2.05, 4.69) is 0 Å². The number of benzene rings is 1. The maximum absolute atomic E-state index is 12.1. The summed E-state index contributed by atoms with van der Waals surface area (Å²) in [5, 5.41) is 17.5. The number of aryl methyl sites for hydroxylation is 1. The van der Waals surface area contributed by atoms with Crippen LogP contribution >= 0.6 is 0 Å². The molecule has 0 unspecified atom stereocenters. The Hall–Kier alpha value is -2.59. The molecule has 1 aromatic carbocycles. The second-order valence-corrected chi connectivity index (χ2v) is 6.51. The van der Waals surface area contributed by atoms with Gasteiger partial charge >= 0.3 is 5.97 Å². The van der Waals surface area contributed by atoms with Crippen LogP contribution in [0.1, 0.15) is 15.9 Å². The highest BCUT2D eigenvalue weighted by atomic mass is 32.2. The molecule has 7 heteroatoms. The normalized spacial score (nSPS) is 11.0. The highest BCUT2D eigenvalue weighted by Gasteiger charge is 2.15. The highest BCUT2D eigenvalue weighted by molar-refractivity contribution is 7.91. The number of hydrogen-bond donors (Lipinski definition) is 1. The van der Waals surface area contributed by atoms with Crippen molar-refractivity contribution >= 4 is 15.8 Å². The van der Waals surface area contributed by atoms with Gasteiger partial charge in [-0.05, 0) is 30.3 Å².